The summed E-state index contributed by atoms with van der Waals surface area (Å²) in [6.45, 7) is 5.86. The highest BCUT2D eigenvalue weighted by Crippen LogP contribution is 2.28. The third kappa shape index (κ3) is 2.51. The summed E-state index contributed by atoms with van der Waals surface area (Å²) < 4.78 is 1.95. The predicted octanol–water partition coefficient (Wildman–Crippen LogP) is 3.48. The minimum atomic E-state index is -0.409. The van der Waals surface area contributed by atoms with Crippen LogP contribution in [0.4, 0.5) is 5.69 Å². The zero-order valence-corrected chi connectivity index (χ0v) is 12.3. The molecule has 0 saturated carbocycles. The Morgan fingerprint density at radius 2 is 2.10 bits per heavy atom. The van der Waals surface area contributed by atoms with E-state index in [-0.39, 0.29) is 17.6 Å². The van der Waals surface area contributed by atoms with Crippen LogP contribution in [0.15, 0.2) is 18.2 Å². The lowest BCUT2D eigenvalue weighted by molar-refractivity contribution is -0.384. The summed E-state index contributed by atoms with van der Waals surface area (Å²) in [5.41, 5.74) is 1.68. The van der Waals surface area contributed by atoms with Gasteiger partial charge in [-0.3, -0.25) is 10.1 Å². The number of alkyl halides is 1. The van der Waals surface area contributed by atoms with Gasteiger partial charge in [-0.15, -0.1) is 21.8 Å². The Morgan fingerprint density at radius 1 is 1.40 bits per heavy atom. The van der Waals surface area contributed by atoms with Gasteiger partial charge in [0.1, 0.15) is 5.82 Å². The monoisotopic (exact) mass is 294 g/mol. The molecule has 0 saturated heterocycles. The second-order valence-electron chi connectivity index (χ2n) is 4.79. The molecule has 0 amide bonds. The molecule has 1 heterocycles. The Balaban J connectivity index is 2.57. The lowest BCUT2D eigenvalue weighted by Gasteiger charge is -2.14. The van der Waals surface area contributed by atoms with E-state index in [0.29, 0.717) is 11.6 Å². The zero-order valence-electron chi connectivity index (χ0n) is 11.5. The average Bonchev–Trinajstić information content (AvgIpc) is 2.82. The third-order valence-electron chi connectivity index (χ3n) is 3.06. The van der Waals surface area contributed by atoms with Gasteiger partial charge < -0.3 is 4.57 Å². The summed E-state index contributed by atoms with van der Waals surface area (Å²) in [6.07, 6.45) is 0. The van der Waals surface area contributed by atoms with Crippen LogP contribution in [0.1, 0.15) is 31.3 Å². The van der Waals surface area contributed by atoms with Gasteiger partial charge in [0, 0.05) is 23.7 Å². The van der Waals surface area contributed by atoms with Gasteiger partial charge in [-0.25, -0.2) is 0 Å². The molecular formula is C13H15ClN4O2. The van der Waals surface area contributed by atoms with Crippen LogP contribution in [-0.2, 0) is 5.88 Å². The number of rotatable bonds is 4. The number of halogens is 1. The molecule has 2 rings (SSSR count). The van der Waals surface area contributed by atoms with E-state index in [1.165, 1.54) is 12.1 Å². The van der Waals surface area contributed by atoms with Crippen molar-refractivity contribution in [2.24, 2.45) is 0 Å². The SMILES string of the molecule is Cc1cc([N+](=O)[O-])ccc1-c1nnc(CCl)n1C(C)C. The smallest absolute Gasteiger partial charge is 0.269 e. The van der Waals surface area contributed by atoms with Crippen LogP contribution in [0.25, 0.3) is 11.4 Å². The van der Waals surface area contributed by atoms with E-state index in [1.54, 1.807) is 6.07 Å². The molecule has 0 spiro atoms. The molecule has 0 aliphatic rings. The first-order chi connectivity index (χ1) is 9.45. The summed E-state index contributed by atoms with van der Waals surface area (Å²) >= 11 is 5.87. The van der Waals surface area contributed by atoms with E-state index < -0.39 is 4.92 Å². The quantitative estimate of drug-likeness (QED) is 0.491. The molecule has 1 aromatic heterocycles. The van der Waals surface area contributed by atoms with E-state index in [2.05, 4.69) is 10.2 Å². The largest absolute Gasteiger partial charge is 0.307 e. The molecule has 0 aliphatic heterocycles. The highest BCUT2D eigenvalue weighted by Gasteiger charge is 2.18. The van der Waals surface area contributed by atoms with Gasteiger partial charge in [0.2, 0.25) is 0 Å². The Bertz CT molecular complexity index is 652. The lowest BCUT2D eigenvalue weighted by atomic mass is 10.1. The summed E-state index contributed by atoms with van der Waals surface area (Å²) in [6, 6.07) is 4.87. The van der Waals surface area contributed by atoms with Crippen LogP contribution < -0.4 is 0 Å². The number of aryl methyl sites for hydroxylation is 1. The first kappa shape index (κ1) is 14.5. The molecule has 2 aromatic rings. The Labute approximate surface area is 121 Å². The number of nitro benzene ring substituents is 1. The summed E-state index contributed by atoms with van der Waals surface area (Å²) in [4.78, 5) is 10.4. The van der Waals surface area contributed by atoms with Crippen molar-refractivity contribution in [1.82, 2.24) is 14.8 Å². The molecule has 20 heavy (non-hydrogen) atoms. The van der Waals surface area contributed by atoms with Crippen molar-refractivity contribution in [3.05, 3.63) is 39.7 Å². The van der Waals surface area contributed by atoms with Gasteiger partial charge >= 0.3 is 0 Å². The Morgan fingerprint density at radius 3 is 2.60 bits per heavy atom. The number of aromatic nitrogens is 3. The van der Waals surface area contributed by atoms with E-state index in [9.17, 15) is 10.1 Å². The van der Waals surface area contributed by atoms with E-state index in [4.69, 9.17) is 11.6 Å². The molecule has 6 nitrogen and oxygen atoms in total. The van der Waals surface area contributed by atoms with Gasteiger partial charge in [0.15, 0.2) is 5.82 Å². The Kier molecular flexibility index (Phi) is 4.04. The standard InChI is InChI=1S/C13H15ClN4O2/c1-8(2)17-12(7-14)15-16-13(17)11-5-4-10(18(19)20)6-9(11)3/h4-6,8H,7H2,1-3H3. The van der Waals surface area contributed by atoms with Crippen LogP contribution in [0, 0.1) is 17.0 Å². The molecule has 1 aromatic carbocycles. The minimum Gasteiger partial charge on any atom is -0.307 e. The van der Waals surface area contributed by atoms with Gasteiger partial charge in [-0.05, 0) is 32.4 Å². The molecular weight excluding hydrogens is 280 g/mol. The minimum absolute atomic E-state index is 0.0689. The van der Waals surface area contributed by atoms with Crippen molar-refractivity contribution in [1.29, 1.82) is 0 Å². The van der Waals surface area contributed by atoms with Crippen molar-refractivity contribution in [2.45, 2.75) is 32.7 Å². The Hall–Kier alpha value is -1.95. The fourth-order valence-electron chi connectivity index (χ4n) is 2.15. The first-order valence-electron chi connectivity index (χ1n) is 6.20. The fourth-order valence-corrected chi connectivity index (χ4v) is 2.34. The van der Waals surface area contributed by atoms with E-state index >= 15 is 0 Å². The maximum Gasteiger partial charge on any atom is 0.269 e. The lowest BCUT2D eigenvalue weighted by Crippen LogP contribution is -2.07. The average molecular weight is 295 g/mol. The van der Waals surface area contributed by atoms with Crippen molar-refractivity contribution < 1.29 is 4.92 Å². The number of hydrogen-bond acceptors (Lipinski definition) is 4. The van der Waals surface area contributed by atoms with Crippen LogP contribution in [0.2, 0.25) is 0 Å². The molecule has 106 valence electrons. The molecule has 0 unspecified atom stereocenters. The number of hydrogen-bond donors (Lipinski definition) is 0. The predicted molar refractivity (Wildman–Crippen MR) is 76.8 cm³/mol. The van der Waals surface area contributed by atoms with Crippen molar-refractivity contribution >= 4 is 17.3 Å². The maximum atomic E-state index is 10.8. The molecule has 0 radical (unpaired) electrons. The van der Waals surface area contributed by atoms with Gasteiger partial charge in [-0.2, -0.15) is 0 Å². The van der Waals surface area contributed by atoms with Crippen LogP contribution in [0.3, 0.4) is 0 Å². The van der Waals surface area contributed by atoms with Gasteiger partial charge in [-0.1, -0.05) is 0 Å². The number of nitrogens with zero attached hydrogens (tertiary/aromatic N) is 4. The highest BCUT2D eigenvalue weighted by molar-refractivity contribution is 6.16. The van der Waals surface area contributed by atoms with Crippen LogP contribution in [0.5, 0.6) is 0 Å². The number of non-ortho nitro benzene ring substituents is 1. The molecule has 0 N–H and O–H groups in total. The van der Waals surface area contributed by atoms with Crippen LogP contribution >= 0.6 is 11.6 Å². The van der Waals surface area contributed by atoms with Crippen LogP contribution in [-0.4, -0.2) is 19.7 Å². The van der Waals surface area contributed by atoms with E-state index in [1.807, 2.05) is 25.3 Å². The molecule has 0 bridgehead atoms. The number of benzene rings is 1. The van der Waals surface area contributed by atoms with E-state index in [0.717, 1.165) is 11.1 Å². The normalized spacial score (nSPS) is 11.1. The summed E-state index contributed by atoms with van der Waals surface area (Å²) in [5, 5.41) is 19.0. The molecule has 0 fully saturated rings. The molecule has 0 atom stereocenters. The zero-order chi connectivity index (χ0) is 14.9. The summed E-state index contributed by atoms with van der Waals surface area (Å²) in [5.74, 6) is 1.65. The second-order valence-corrected chi connectivity index (χ2v) is 5.06. The topological polar surface area (TPSA) is 73.8 Å². The molecule has 7 heteroatoms. The fraction of sp³-hybridized carbons (Fsp3) is 0.385. The van der Waals surface area contributed by atoms with Gasteiger partial charge in [0.05, 0.1) is 10.8 Å². The van der Waals surface area contributed by atoms with Crippen molar-refractivity contribution in [3.63, 3.8) is 0 Å². The van der Waals surface area contributed by atoms with Crippen molar-refractivity contribution in [3.8, 4) is 11.4 Å². The van der Waals surface area contributed by atoms with Gasteiger partial charge in [0.25, 0.3) is 5.69 Å². The van der Waals surface area contributed by atoms with Crippen molar-refractivity contribution in [2.75, 3.05) is 0 Å². The molecule has 0 aliphatic carbocycles. The third-order valence-corrected chi connectivity index (χ3v) is 3.30. The highest BCUT2D eigenvalue weighted by atomic mass is 35.5. The summed E-state index contributed by atoms with van der Waals surface area (Å²) in [7, 11) is 0. The number of nitro groups is 1. The maximum absolute atomic E-state index is 10.8. The first-order valence-corrected chi connectivity index (χ1v) is 6.74. The second kappa shape index (κ2) is 5.58.